The van der Waals surface area contributed by atoms with Crippen molar-refractivity contribution in [3.8, 4) is 0 Å². The van der Waals surface area contributed by atoms with Crippen molar-refractivity contribution in [2.75, 3.05) is 23.1 Å². The summed E-state index contributed by atoms with van der Waals surface area (Å²) in [5.41, 5.74) is 0.312. The standard InChI is InChI=1S/C22H25Cl3N2O4S2/c1-15(3-2-10-26-11-12-32-21(26)14-22(28)29)27(20-13-17(24)6-9-19(20)25)33(30,31)18-7-4-16(23)5-8-18/h4-9,13,15,21H,2-3,10-12,14H2,1H3,(H,28,29). The summed E-state index contributed by atoms with van der Waals surface area (Å²) in [5.74, 6) is 0.0754. The van der Waals surface area contributed by atoms with Gasteiger partial charge in [-0.05, 0) is 68.8 Å². The van der Waals surface area contributed by atoms with Gasteiger partial charge >= 0.3 is 5.97 Å². The van der Waals surface area contributed by atoms with E-state index in [9.17, 15) is 13.2 Å². The molecule has 180 valence electrons. The van der Waals surface area contributed by atoms with Gasteiger partial charge in [0.25, 0.3) is 10.0 Å². The van der Waals surface area contributed by atoms with Gasteiger partial charge in [-0.1, -0.05) is 34.8 Å². The number of carboxylic acid groups (broad SMARTS) is 1. The quantitative estimate of drug-likeness (QED) is 0.398. The van der Waals surface area contributed by atoms with E-state index in [0.29, 0.717) is 35.1 Å². The number of carbonyl (C=O) groups is 1. The molecular weight excluding hydrogens is 527 g/mol. The monoisotopic (exact) mass is 550 g/mol. The molecule has 33 heavy (non-hydrogen) atoms. The SMILES string of the molecule is CC(CCCN1CCSC1CC(=O)O)N(c1cc(Cl)ccc1Cl)S(=O)(=O)c1ccc(Cl)cc1. The van der Waals surface area contributed by atoms with E-state index in [-0.39, 0.29) is 21.7 Å². The van der Waals surface area contributed by atoms with Gasteiger partial charge in [-0.3, -0.25) is 14.0 Å². The lowest BCUT2D eigenvalue weighted by Crippen LogP contribution is -2.40. The molecule has 0 aromatic heterocycles. The molecule has 0 bridgehead atoms. The third-order valence-corrected chi connectivity index (χ3v) is 9.45. The molecule has 0 amide bonds. The molecule has 1 aliphatic rings. The molecule has 6 nitrogen and oxygen atoms in total. The number of sulfonamides is 1. The first-order valence-corrected chi connectivity index (χ1v) is 14.0. The van der Waals surface area contributed by atoms with Gasteiger partial charge in [-0.25, -0.2) is 8.42 Å². The second-order valence-corrected chi connectivity index (χ2v) is 12.2. The molecule has 2 aromatic carbocycles. The number of anilines is 1. The molecule has 0 spiro atoms. The van der Waals surface area contributed by atoms with Gasteiger partial charge in [-0.2, -0.15) is 0 Å². The number of benzene rings is 2. The molecule has 1 saturated heterocycles. The number of nitrogens with zero attached hydrogens (tertiary/aromatic N) is 2. The molecule has 1 aliphatic heterocycles. The highest BCUT2D eigenvalue weighted by Crippen LogP contribution is 2.36. The van der Waals surface area contributed by atoms with Crippen molar-refractivity contribution in [2.45, 2.75) is 42.5 Å². The van der Waals surface area contributed by atoms with Gasteiger partial charge in [0.05, 0.1) is 27.4 Å². The zero-order valence-corrected chi connectivity index (χ0v) is 21.9. The highest BCUT2D eigenvalue weighted by molar-refractivity contribution is 8.00. The van der Waals surface area contributed by atoms with Crippen LogP contribution >= 0.6 is 46.6 Å². The fourth-order valence-corrected chi connectivity index (χ4v) is 7.38. The number of hydrogen-bond acceptors (Lipinski definition) is 5. The van der Waals surface area contributed by atoms with E-state index >= 15 is 0 Å². The minimum atomic E-state index is -3.95. The molecule has 2 unspecified atom stereocenters. The van der Waals surface area contributed by atoms with Crippen molar-refractivity contribution in [3.05, 3.63) is 57.5 Å². The van der Waals surface area contributed by atoms with E-state index in [1.165, 1.54) is 28.6 Å². The third kappa shape index (κ3) is 6.71. The van der Waals surface area contributed by atoms with Crippen molar-refractivity contribution < 1.29 is 18.3 Å². The maximum atomic E-state index is 13.6. The summed E-state index contributed by atoms with van der Waals surface area (Å²) >= 11 is 20.2. The zero-order valence-electron chi connectivity index (χ0n) is 18.0. The lowest BCUT2D eigenvalue weighted by Gasteiger charge is -2.32. The Balaban J connectivity index is 1.82. The molecule has 2 aromatic rings. The Labute approximate surface area is 213 Å². The fraction of sp³-hybridized carbons (Fsp3) is 0.409. The Morgan fingerprint density at radius 2 is 1.85 bits per heavy atom. The topological polar surface area (TPSA) is 77.9 Å². The highest BCUT2D eigenvalue weighted by atomic mass is 35.5. The van der Waals surface area contributed by atoms with Gasteiger partial charge in [0.15, 0.2) is 0 Å². The average molecular weight is 552 g/mol. The molecule has 0 saturated carbocycles. The van der Waals surface area contributed by atoms with Crippen molar-refractivity contribution >= 4 is 68.2 Å². The van der Waals surface area contributed by atoms with Crippen LogP contribution < -0.4 is 4.31 Å². The van der Waals surface area contributed by atoms with Crippen LogP contribution in [0.15, 0.2) is 47.4 Å². The summed E-state index contributed by atoms with van der Waals surface area (Å²) in [5, 5.41) is 10.2. The fourth-order valence-electron chi connectivity index (χ4n) is 3.83. The Bertz CT molecular complexity index is 1080. The average Bonchev–Trinajstić information content (AvgIpc) is 3.17. The molecule has 1 heterocycles. The Hall–Kier alpha value is -1.16. The second-order valence-electron chi connectivity index (χ2n) is 7.80. The van der Waals surface area contributed by atoms with Crippen LogP contribution in [0.1, 0.15) is 26.2 Å². The molecule has 0 radical (unpaired) electrons. The summed E-state index contributed by atoms with van der Waals surface area (Å²) in [6, 6.07) is 10.3. The lowest BCUT2D eigenvalue weighted by atomic mass is 10.1. The van der Waals surface area contributed by atoms with Gasteiger partial charge in [0.2, 0.25) is 0 Å². The predicted molar refractivity (Wildman–Crippen MR) is 136 cm³/mol. The van der Waals surface area contributed by atoms with E-state index < -0.39 is 22.0 Å². The first kappa shape index (κ1) is 26.4. The van der Waals surface area contributed by atoms with E-state index in [0.717, 1.165) is 12.3 Å². The number of hydrogen-bond donors (Lipinski definition) is 1. The smallest absolute Gasteiger partial charge is 0.305 e. The van der Waals surface area contributed by atoms with E-state index in [1.54, 1.807) is 30.0 Å². The maximum absolute atomic E-state index is 13.6. The molecule has 3 rings (SSSR count). The van der Waals surface area contributed by atoms with Crippen molar-refractivity contribution in [2.24, 2.45) is 0 Å². The van der Waals surface area contributed by atoms with Crippen LogP contribution in [0.2, 0.25) is 15.1 Å². The van der Waals surface area contributed by atoms with Crippen molar-refractivity contribution in [1.29, 1.82) is 0 Å². The second kappa shape index (κ2) is 11.5. The van der Waals surface area contributed by atoms with Crippen LogP contribution in [-0.4, -0.2) is 54.7 Å². The summed E-state index contributed by atoms with van der Waals surface area (Å²) in [4.78, 5) is 13.4. The van der Waals surface area contributed by atoms with Crippen LogP contribution in [0.5, 0.6) is 0 Å². The largest absolute Gasteiger partial charge is 0.481 e. The predicted octanol–water partition coefficient (Wildman–Crippen LogP) is 5.86. The molecule has 0 aliphatic carbocycles. The van der Waals surface area contributed by atoms with Gasteiger partial charge in [0.1, 0.15) is 0 Å². The summed E-state index contributed by atoms with van der Waals surface area (Å²) < 4.78 is 28.6. The number of rotatable bonds is 10. The normalized spacial score (nSPS) is 17.8. The summed E-state index contributed by atoms with van der Waals surface area (Å²) in [7, 11) is -3.95. The number of aliphatic carboxylic acids is 1. The van der Waals surface area contributed by atoms with E-state index in [2.05, 4.69) is 4.90 Å². The third-order valence-electron chi connectivity index (χ3n) is 5.43. The summed E-state index contributed by atoms with van der Waals surface area (Å²) in [6.07, 6.45) is 1.34. The van der Waals surface area contributed by atoms with Crippen LogP contribution in [0.4, 0.5) is 5.69 Å². The Morgan fingerprint density at radius 1 is 1.18 bits per heavy atom. The summed E-state index contributed by atoms with van der Waals surface area (Å²) in [6.45, 7) is 3.34. The van der Waals surface area contributed by atoms with Gasteiger partial charge in [-0.15, -0.1) is 11.8 Å². The van der Waals surface area contributed by atoms with E-state index in [4.69, 9.17) is 39.9 Å². The zero-order chi connectivity index (χ0) is 24.2. The number of halogens is 3. The Kier molecular flexibility index (Phi) is 9.23. The van der Waals surface area contributed by atoms with Crippen LogP contribution in [-0.2, 0) is 14.8 Å². The minimum Gasteiger partial charge on any atom is -0.481 e. The number of thioether (sulfide) groups is 1. The van der Waals surface area contributed by atoms with E-state index in [1.807, 2.05) is 6.92 Å². The Morgan fingerprint density at radius 3 is 2.52 bits per heavy atom. The van der Waals surface area contributed by atoms with Crippen LogP contribution in [0.25, 0.3) is 0 Å². The van der Waals surface area contributed by atoms with Crippen molar-refractivity contribution in [1.82, 2.24) is 4.90 Å². The van der Waals surface area contributed by atoms with Gasteiger partial charge < -0.3 is 5.11 Å². The van der Waals surface area contributed by atoms with Crippen molar-refractivity contribution in [3.63, 3.8) is 0 Å². The molecule has 11 heteroatoms. The first-order chi connectivity index (χ1) is 15.6. The molecule has 2 atom stereocenters. The first-order valence-electron chi connectivity index (χ1n) is 10.4. The minimum absolute atomic E-state index is 0.0471. The van der Waals surface area contributed by atoms with Crippen LogP contribution in [0.3, 0.4) is 0 Å². The molecule has 1 N–H and O–H groups in total. The van der Waals surface area contributed by atoms with Crippen LogP contribution in [0, 0.1) is 0 Å². The number of carboxylic acids is 1. The van der Waals surface area contributed by atoms with Gasteiger partial charge in [0, 0.05) is 28.4 Å². The maximum Gasteiger partial charge on any atom is 0.305 e. The molecular formula is C22H25Cl3N2O4S2. The lowest BCUT2D eigenvalue weighted by molar-refractivity contribution is -0.137. The highest BCUT2D eigenvalue weighted by Gasteiger charge is 2.32. The molecule has 1 fully saturated rings.